The van der Waals surface area contributed by atoms with E-state index in [1.807, 2.05) is 20.8 Å². The summed E-state index contributed by atoms with van der Waals surface area (Å²) in [5, 5.41) is 0. The van der Waals surface area contributed by atoms with E-state index in [0.717, 1.165) is 23.9 Å². The maximum absolute atomic E-state index is 12.1. The van der Waals surface area contributed by atoms with Crippen LogP contribution in [0.25, 0.3) is 0 Å². The van der Waals surface area contributed by atoms with Crippen LogP contribution in [0.1, 0.15) is 46.5 Å². The first-order chi connectivity index (χ1) is 9.69. The van der Waals surface area contributed by atoms with Gasteiger partial charge in [0.25, 0.3) is 0 Å². The number of hydrogen-bond acceptors (Lipinski definition) is 3. The highest BCUT2D eigenvalue weighted by atomic mass is 16.6. The van der Waals surface area contributed by atoms with Gasteiger partial charge in [-0.2, -0.15) is 0 Å². The summed E-state index contributed by atoms with van der Waals surface area (Å²) in [5.41, 5.74) is -0.555. The lowest BCUT2D eigenvalue weighted by Crippen LogP contribution is -2.55. The van der Waals surface area contributed by atoms with E-state index >= 15 is 0 Å². The number of ether oxygens (including phenoxy) is 1. The van der Waals surface area contributed by atoms with E-state index in [1.165, 1.54) is 24.4 Å². The van der Waals surface area contributed by atoms with Gasteiger partial charge < -0.3 is 9.22 Å². The van der Waals surface area contributed by atoms with Gasteiger partial charge in [-0.05, 0) is 33.1 Å². The minimum Gasteiger partial charge on any atom is -0.443 e. The van der Waals surface area contributed by atoms with Gasteiger partial charge >= 0.3 is 6.09 Å². The summed E-state index contributed by atoms with van der Waals surface area (Å²) in [6, 6.07) is 0. The lowest BCUT2D eigenvalue weighted by Gasteiger charge is -2.43. The van der Waals surface area contributed by atoms with Crippen molar-refractivity contribution in [3.8, 4) is 0 Å². The molecule has 0 N–H and O–H groups in total. The summed E-state index contributed by atoms with van der Waals surface area (Å²) < 4.78 is 6.49. The van der Waals surface area contributed by atoms with Crippen molar-refractivity contribution < 1.29 is 18.8 Å². The van der Waals surface area contributed by atoms with Gasteiger partial charge in [0.2, 0.25) is 5.91 Å². The quantitative estimate of drug-likeness (QED) is 0.752. The molecule has 0 aliphatic carbocycles. The summed E-state index contributed by atoms with van der Waals surface area (Å²) in [6.07, 6.45) is 3.29. The van der Waals surface area contributed by atoms with E-state index in [2.05, 4.69) is 7.05 Å². The summed E-state index contributed by atoms with van der Waals surface area (Å²) in [7, 11) is 2.29. The molecule has 0 bridgehead atoms. The van der Waals surface area contributed by atoms with E-state index in [9.17, 15) is 9.59 Å². The van der Waals surface area contributed by atoms with Crippen LogP contribution < -0.4 is 0 Å². The minimum absolute atomic E-state index is 0.0927. The molecule has 0 spiro atoms. The van der Waals surface area contributed by atoms with Gasteiger partial charge in [-0.1, -0.05) is 0 Å². The van der Waals surface area contributed by atoms with Crippen LogP contribution in [0.5, 0.6) is 0 Å². The number of rotatable bonds is 3. The van der Waals surface area contributed by atoms with E-state index < -0.39 is 11.7 Å². The fourth-order valence-electron chi connectivity index (χ4n) is 3.06. The van der Waals surface area contributed by atoms with Gasteiger partial charge in [0.05, 0.1) is 26.7 Å². The Bertz CT molecular complexity index is 410. The number of amides is 2. The minimum atomic E-state index is -0.555. The second-order valence-electron chi connectivity index (χ2n) is 7.82. The highest BCUT2D eigenvalue weighted by molar-refractivity contribution is 5.92. The molecule has 2 saturated heterocycles. The highest BCUT2D eigenvalue weighted by Crippen LogP contribution is 2.25. The lowest BCUT2D eigenvalue weighted by atomic mass is 9.93. The van der Waals surface area contributed by atoms with E-state index in [1.54, 1.807) is 0 Å². The standard InChI is InChI=1S/C16H29N2O3/c1-16(2,3)21-15(20)17-12-13(6-7-14(17)19)8-11-18(4)9-5-10-18/h13H,5-12H2,1-4H3/q+1. The fourth-order valence-corrected chi connectivity index (χ4v) is 3.06. The van der Waals surface area contributed by atoms with Crippen LogP contribution in [0.4, 0.5) is 4.79 Å². The monoisotopic (exact) mass is 297 g/mol. The van der Waals surface area contributed by atoms with Crippen molar-refractivity contribution in [3.05, 3.63) is 0 Å². The van der Waals surface area contributed by atoms with E-state index in [0.29, 0.717) is 18.9 Å². The molecular weight excluding hydrogens is 268 g/mol. The molecule has 2 heterocycles. The molecule has 0 aromatic heterocycles. The SMILES string of the molecule is CC(C)(C)OC(=O)N1CC(CC[N+]2(C)CCC2)CCC1=O. The Morgan fingerprint density at radius 3 is 2.57 bits per heavy atom. The molecule has 1 atom stereocenters. The van der Waals surface area contributed by atoms with Crippen molar-refractivity contribution in [2.24, 2.45) is 5.92 Å². The van der Waals surface area contributed by atoms with Crippen LogP contribution in [0.3, 0.4) is 0 Å². The van der Waals surface area contributed by atoms with Crippen molar-refractivity contribution in [2.45, 2.75) is 52.1 Å². The molecule has 2 rings (SSSR count). The van der Waals surface area contributed by atoms with Gasteiger partial charge in [-0.15, -0.1) is 0 Å². The first-order valence-electron chi connectivity index (χ1n) is 8.05. The molecule has 120 valence electrons. The van der Waals surface area contributed by atoms with E-state index in [4.69, 9.17) is 4.74 Å². The Balaban J connectivity index is 1.86. The normalized spacial score (nSPS) is 25.4. The highest BCUT2D eigenvalue weighted by Gasteiger charge is 2.35. The Kier molecular flexibility index (Phi) is 4.61. The molecule has 0 aromatic rings. The first kappa shape index (κ1) is 16.3. The van der Waals surface area contributed by atoms with E-state index in [-0.39, 0.29) is 5.91 Å². The lowest BCUT2D eigenvalue weighted by molar-refractivity contribution is -0.946. The molecule has 21 heavy (non-hydrogen) atoms. The Morgan fingerprint density at radius 2 is 2.05 bits per heavy atom. The third kappa shape index (κ3) is 4.43. The number of piperidine rings is 1. The maximum atomic E-state index is 12.1. The number of carbonyl (C=O) groups is 2. The predicted molar refractivity (Wildman–Crippen MR) is 80.7 cm³/mol. The molecule has 1 unspecified atom stereocenters. The summed E-state index contributed by atoms with van der Waals surface area (Å²) >= 11 is 0. The second kappa shape index (κ2) is 5.95. The van der Waals surface area contributed by atoms with Gasteiger partial charge in [0, 0.05) is 25.8 Å². The number of hydrogen-bond donors (Lipinski definition) is 0. The van der Waals surface area contributed by atoms with Crippen LogP contribution >= 0.6 is 0 Å². The van der Waals surface area contributed by atoms with Crippen LogP contribution in [0.2, 0.25) is 0 Å². The van der Waals surface area contributed by atoms with Crippen molar-refractivity contribution in [1.29, 1.82) is 0 Å². The Labute approximate surface area is 127 Å². The van der Waals surface area contributed by atoms with Crippen LogP contribution in [-0.4, -0.2) is 60.2 Å². The van der Waals surface area contributed by atoms with Gasteiger partial charge in [0.15, 0.2) is 0 Å². The molecule has 5 nitrogen and oxygen atoms in total. The van der Waals surface area contributed by atoms with Crippen molar-refractivity contribution in [1.82, 2.24) is 4.90 Å². The fraction of sp³-hybridized carbons (Fsp3) is 0.875. The van der Waals surface area contributed by atoms with Crippen molar-refractivity contribution in [2.75, 3.05) is 33.2 Å². The Morgan fingerprint density at radius 1 is 1.38 bits per heavy atom. The number of quaternary nitrogens is 1. The average molecular weight is 297 g/mol. The molecular formula is C16H29N2O3+. The molecule has 2 aliphatic rings. The first-order valence-corrected chi connectivity index (χ1v) is 8.05. The van der Waals surface area contributed by atoms with Crippen LogP contribution in [0.15, 0.2) is 0 Å². The summed E-state index contributed by atoms with van der Waals surface area (Å²) in [6.45, 7) is 9.68. The van der Waals surface area contributed by atoms with Crippen molar-refractivity contribution in [3.63, 3.8) is 0 Å². The van der Waals surface area contributed by atoms with Gasteiger partial charge in [-0.25, -0.2) is 9.69 Å². The molecule has 0 saturated carbocycles. The molecule has 2 amide bonds. The molecule has 5 heteroatoms. The van der Waals surface area contributed by atoms with Crippen LogP contribution in [-0.2, 0) is 9.53 Å². The van der Waals surface area contributed by atoms with Gasteiger partial charge in [-0.3, -0.25) is 4.79 Å². The third-order valence-corrected chi connectivity index (χ3v) is 4.60. The molecule has 2 aliphatic heterocycles. The number of carbonyl (C=O) groups excluding carboxylic acids is 2. The molecule has 0 radical (unpaired) electrons. The summed E-state index contributed by atoms with van der Waals surface area (Å²) in [5.74, 6) is 0.329. The zero-order valence-corrected chi connectivity index (χ0v) is 13.9. The van der Waals surface area contributed by atoms with Crippen LogP contribution in [0, 0.1) is 5.92 Å². The second-order valence-corrected chi connectivity index (χ2v) is 7.82. The van der Waals surface area contributed by atoms with Gasteiger partial charge in [0.1, 0.15) is 5.60 Å². The zero-order valence-electron chi connectivity index (χ0n) is 13.9. The average Bonchev–Trinajstić information content (AvgIpc) is 2.33. The number of likely N-dealkylation sites (tertiary alicyclic amines) is 2. The zero-order chi connectivity index (χ0) is 15.7. The predicted octanol–water partition coefficient (Wildman–Crippen LogP) is 2.40. The topological polar surface area (TPSA) is 46.6 Å². The number of imide groups is 1. The Hall–Kier alpha value is -1.10. The number of nitrogens with zero attached hydrogens (tertiary/aromatic N) is 2. The summed E-state index contributed by atoms with van der Waals surface area (Å²) in [4.78, 5) is 25.4. The van der Waals surface area contributed by atoms with Crippen molar-refractivity contribution >= 4 is 12.0 Å². The largest absolute Gasteiger partial charge is 0.443 e. The molecule has 2 fully saturated rings. The maximum Gasteiger partial charge on any atom is 0.417 e. The smallest absolute Gasteiger partial charge is 0.417 e. The third-order valence-electron chi connectivity index (χ3n) is 4.60. The molecule has 0 aromatic carbocycles.